The van der Waals surface area contributed by atoms with Gasteiger partial charge in [0.25, 0.3) is 0 Å². The second-order valence-electron chi connectivity index (χ2n) is 9.38. The van der Waals surface area contributed by atoms with E-state index >= 15 is 0 Å². The number of carbonyl (C=O) groups excluding carboxylic acids is 1. The lowest BCUT2D eigenvalue weighted by atomic mass is 9.94. The number of carbonyl (C=O) groups is 1. The molecule has 1 aliphatic carbocycles. The molecule has 3 aromatic rings. The molecule has 0 aliphatic heterocycles. The van der Waals surface area contributed by atoms with Crippen LogP contribution in [0.25, 0.3) is 11.1 Å². The average molecular weight is 476 g/mol. The monoisotopic (exact) mass is 475 g/mol. The molecule has 4 rings (SSSR count). The van der Waals surface area contributed by atoms with E-state index in [2.05, 4.69) is 36.5 Å². The molecule has 0 radical (unpaired) electrons. The van der Waals surface area contributed by atoms with Gasteiger partial charge in [-0.25, -0.2) is 4.39 Å². The van der Waals surface area contributed by atoms with Crippen molar-refractivity contribution >= 4 is 5.91 Å². The van der Waals surface area contributed by atoms with Gasteiger partial charge in [-0.15, -0.1) is 0 Å². The van der Waals surface area contributed by atoms with Crippen molar-refractivity contribution in [1.82, 2.24) is 5.32 Å². The Morgan fingerprint density at radius 2 is 1.71 bits per heavy atom. The van der Waals surface area contributed by atoms with Crippen LogP contribution in [0.1, 0.15) is 49.3 Å². The second kappa shape index (κ2) is 12.0. The first-order valence-corrected chi connectivity index (χ1v) is 12.4. The molecule has 1 saturated carbocycles. The highest BCUT2D eigenvalue weighted by Gasteiger charge is 2.23. The lowest BCUT2D eigenvalue weighted by Crippen LogP contribution is -2.28. The van der Waals surface area contributed by atoms with Gasteiger partial charge in [0.15, 0.2) is 0 Å². The van der Waals surface area contributed by atoms with Crippen molar-refractivity contribution in [2.45, 2.75) is 64.8 Å². The molecule has 0 aromatic heterocycles. The van der Waals surface area contributed by atoms with Crippen molar-refractivity contribution < 1.29 is 18.7 Å². The molecule has 184 valence electrons. The van der Waals surface area contributed by atoms with E-state index in [1.54, 1.807) is 6.07 Å². The van der Waals surface area contributed by atoms with Gasteiger partial charge >= 0.3 is 0 Å². The highest BCUT2D eigenvalue weighted by molar-refractivity contribution is 5.73. The van der Waals surface area contributed by atoms with E-state index in [0.29, 0.717) is 19.6 Å². The topological polar surface area (TPSA) is 47.6 Å². The first-order valence-electron chi connectivity index (χ1n) is 12.4. The molecule has 0 spiro atoms. The van der Waals surface area contributed by atoms with Crippen molar-refractivity contribution in [2.24, 2.45) is 0 Å². The van der Waals surface area contributed by atoms with E-state index in [1.807, 2.05) is 24.3 Å². The fourth-order valence-corrected chi connectivity index (χ4v) is 4.55. The molecule has 0 heterocycles. The van der Waals surface area contributed by atoms with Crippen molar-refractivity contribution in [3.8, 4) is 16.9 Å². The van der Waals surface area contributed by atoms with Crippen molar-refractivity contribution in [3.05, 3.63) is 89.2 Å². The fraction of sp³-hybridized carbons (Fsp3) is 0.367. The summed E-state index contributed by atoms with van der Waals surface area (Å²) in [5, 5.41) is 2.84. The van der Waals surface area contributed by atoms with Gasteiger partial charge in [0.2, 0.25) is 5.91 Å². The summed E-state index contributed by atoms with van der Waals surface area (Å²) in [6.07, 6.45) is 4.89. The summed E-state index contributed by atoms with van der Waals surface area (Å²) < 4.78 is 26.4. The van der Waals surface area contributed by atoms with Gasteiger partial charge in [-0.2, -0.15) is 0 Å². The Hall–Kier alpha value is -3.18. The smallest absolute Gasteiger partial charge is 0.216 e. The van der Waals surface area contributed by atoms with Crippen LogP contribution in [-0.4, -0.2) is 24.7 Å². The highest BCUT2D eigenvalue weighted by atomic mass is 19.1. The molecule has 1 fully saturated rings. The molecular weight excluding hydrogens is 441 g/mol. The Labute approximate surface area is 207 Å². The lowest BCUT2D eigenvalue weighted by Gasteiger charge is -2.29. The normalized spacial score (nSPS) is 17.7. The average Bonchev–Trinajstić information content (AvgIpc) is 2.85. The predicted molar refractivity (Wildman–Crippen MR) is 137 cm³/mol. The van der Waals surface area contributed by atoms with E-state index in [0.717, 1.165) is 48.1 Å². The first-order chi connectivity index (χ1) is 17.0. The zero-order valence-corrected chi connectivity index (χ0v) is 20.6. The van der Waals surface area contributed by atoms with Gasteiger partial charge < -0.3 is 14.8 Å². The number of aryl methyl sites for hydroxylation is 1. The minimum absolute atomic E-state index is 0.0595. The number of ether oxygens (including phenoxy) is 2. The number of benzene rings is 3. The maximum Gasteiger partial charge on any atom is 0.216 e. The summed E-state index contributed by atoms with van der Waals surface area (Å²) in [4.78, 5) is 11.3. The van der Waals surface area contributed by atoms with Crippen LogP contribution in [0.15, 0.2) is 66.7 Å². The van der Waals surface area contributed by atoms with E-state index in [1.165, 1.54) is 30.2 Å². The van der Waals surface area contributed by atoms with Crippen molar-refractivity contribution in [1.29, 1.82) is 0 Å². The summed E-state index contributed by atoms with van der Waals surface area (Å²) in [7, 11) is 0. The predicted octanol–water partition coefficient (Wildman–Crippen LogP) is 6.39. The van der Waals surface area contributed by atoms with Crippen molar-refractivity contribution in [2.75, 3.05) is 6.54 Å². The molecule has 0 atom stereocenters. The first kappa shape index (κ1) is 24.9. The van der Waals surface area contributed by atoms with Crippen LogP contribution in [0.3, 0.4) is 0 Å². The van der Waals surface area contributed by atoms with Crippen LogP contribution in [0, 0.1) is 12.7 Å². The third-order valence-corrected chi connectivity index (χ3v) is 6.52. The van der Waals surface area contributed by atoms with Crippen LogP contribution in [0.4, 0.5) is 4.39 Å². The van der Waals surface area contributed by atoms with Crippen LogP contribution >= 0.6 is 0 Å². The number of hydrogen-bond donors (Lipinski definition) is 1. The maximum absolute atomic E-state index is 13.9. The molecule has 0 saturated heterocycles. The Balaban J connectivity index is 1.36. The van der Waals surface area contributed by atoms with Crippen LogP contribution in [0.2, 0.25) is 0 Å². The zero-order chi connectivity index (χ0) is 24.6. The van der Waals surface area contributed by atoms with Crippen LogP contribution in [-0.2, 0) is 22.6 Å². The highest BCUT2D eigenvalue weighted by Crippen LogP contribution is 2.32. The largest absolute Gasteiger partial charge is 0.490 e. The van der Waals surface area contributed by atoms with Gasteiger partial charge in [0, 0.05) is 13.5 Å². The van der Waals surface area contributed by atoms with Gasteiger partial charge in [-0.05, 0) is 85.5 Å². The number of nitrogens with one attached hydrogen (secondary N) is 1. The summed E-state index contributed by atoms with van der Waals surface area (Å²) in [5.74, 6) is 0.456. The zero-order valence-electron chi connectivity index (χ0n) is 20.6. The SMILES string of the molecule is CC(=O)NCCc1ccc(OC2CCC(OCc3ccc(C)cc3)CC2)cc1-c1cccc(F)c1. The fourth-order valence-electron chi connectivity index (χ4n) is 4.55. The summed E-state index contributed by atoms with van der Waals surface area (Å²) in [5.41, 5.74) is 5.25. The minimum Gasteiger partial charge on any atom is -0.490 e. The molecule has 5 heteroatoms. The molecule has 1 N–H and O–H groups in total. The third-order valence-electron chi connectivity index (χ3n) is 6.52. The maximum atomic E-state index is 13.9. The van der Waals surface area contributed by atoms with E-state index < -0.39 is 0 Å². The summed E-state index contributed by atoms with van der Waals surface area (Å²) in [6, 6.07) is 21.1. The van der Waals surface area contributed by atoms with Gasteiger partial charge in [0.05, 0.1) is 18.8 Å². The Bertz CT molecular complexity index is 1120. The van der Waals surface area contributed by atoms with Crippen LogP contribution in [0.5, 0.6) is 5.75 Å². The Kier molecular flexibility index (Phi) is 8.54. The summed E-state index contributed by atoms with van der Waals surface area (Å²) >= 11 is 0. The Morgan fingerprint density at radius 3 is 2.43 bits per heavy atom. The standard InChI is InChI=1S/C30H34FNO3/c1-21-6-8-23(9-7-21)20-34-27-12-14-28(15-13-27)35-29-11-10-24(16-17-32-22(2)33)30(19-29)25-4-3-5-26(31)18-25/h3-11,18-19,27-28H,12-17,20H2,1-2H3,(H,32,33). The molecule has 35 heavy (non-hydrogen) atoms. The van der Waals surface area contributed by atoms with E-state index in [4.69, 9.17) is 9.47 Å². The number of amides is 1. The molecule has 1 aliphatic rings. The molecular formula is C30H34FNO3. The van der Waals surface area contributed by atoms with E-state index in [-0.39, 0.29) is 23.9 Å². The summed E-state index contributed by atoms with van der Waals surface area (Å²) in [6.45, 7) is 4.77. The number of hydrogen-bond acceptors (Lipinski definition) is 3. The Morgan fingerprint density at radius 1 is 0.971 bits per heavy atom. The third kappa shape index (κ3) is 7.40. The molecule has 3 aromatic carbocycles. The molecule has 1 amide bonds. The second-order valence-corrected chi connectivity index (χ2v) is 9.38. The minimum atomic E-state index is -0.273. The number of halogens is 1. The van der Waals surface area contributed by atoms with Gasteiger partial charge in [0.1, 0.15) is 11.6 Å². The molecule has 0 unspecified atom stereocenters. The molecule has 0 bridgehead atoms. The number of rotatable bonds is 9. The van der Waals surface area contributed by atoms with Crippen molar-refractivity contribution in [3.63, 3.8) is 0 Å². The molecule has 4 nitrogen and oxygen atoms in total. The van der Waals surface area contributed by atoms with Crippen LogP contribution < -0.4 is 10.1 Å². The quantitative estimate of drug-likeness (QED) is 0.390. The van der Waals surface area contributed by atoms with Gasteiger partial charge in [-0.3, -0.25) is 4.79 Å². The van der Waals surface area contributed by atoms with E-state index in [9.17, 15) is 9.18 Å². The lowest BCUT2D eigenvalue weighted by molar-refractivity contribution is -0.118. The van der Waals surface area contributed by atoms with Gasteiger partial charge in [-0.1, -0.05) is 48.0 Å².